The summed E-state index contributed by atoms with van der Waals surface area (Å²) in [5.74, 6) is 0. The maximum Gasteiger partial charge on any atom is 0.0973 e. The number of ether oxygens (including phenoxy) is 1. The lowest BCUT2D eigenvalue weighted by Crippen LogP contribution is -1.94. The van der Waals surface area contributed by atoms with E-state index in [4.69, 9.17) is 4.74 Å². The summed E-state index contributed by atoms with van der Waals surface area (Å²) in [6.07, 6.45) is 0.135. The number of nitrogens with zero attached hydrogens (tertiary/aromatic N) is 1. The molecule has 2 nitrogen and oxygen atoms in total. The Balaban J connectivity index is 2.65. The summed E-state index contributed by atoms with van der Waals surface area (Å²) >= 11 is 1.45. The number of rotatable bonds is 2. The largest absolute Gasteiger partial charge is 0.375 e. The van der Waals surface area contributed by atoms with Crippen molar-refractivity contribution in [2.24, 2.45) is 0 Å². The minimum Gasteiger partial charge on any atom is -0.375 e. The van der Waals surface area contributed by atoms with Crippen LogP contribution in [0.25, 0.3) is 0 Å². The first-order valence-corrected chi connectivity index (χ1v) is 3.61. The van der Waals surface area contributed by atoms with Gasteiger partial charge in [0.15, 0.2) is 0 Å². The first-order chi connectivity index (χ1) is 4.34. The minimum atomic E-state index is 0.135. The molecule has 3 heteroatoms. The molecule has 0 spiro atoms. The second-order valence-electron chi connectivity index (χ2n) is 1.80. The predicted octanol–water partition coefficient (Wildman–Crippen LogP) is 1.85. The smallest absolute Gasteiger partial charge is 0.0973 e. The topological polar surface area (TPSA) is 22.1 Å². The van der Waals surface area contributed by atoms with Gasteiger partial charge in [0, 0.05) is 12.5 Å². The molecule has 1 unspecified atom stereocenters. The van der Waals surface area contributed by atoms with Crippen molar-refractivity contribution >= 4 is 11.5 Å². The van der Waals surface area contributed by atoms with Crippen LogP contribution in [0, 0.1) is 0 Å². The van der Waals surface area contributed by atoms with Gasteiger partial charge < -0.3 is 4.74 Å². The Labute approximate surface area is 58.6 Å². The fourth-order valence-electron chi connectivity index (χ4n) is 0.552. The second kappa shape index (κ2) is 2.94. The molecule has 1 rings (SSSR count). The van der Waals surface area contributed by atoms with Gasteiger partial charge in [0.25, 0.3) is 0 Å². The summed E-state index contributed by atoms with van der Waals surface area (Å²) < 4.78 is 9.14. The van der Waals surface area contributed by atoms with Gasteiger partial charge in [-0.15, -0.1) is 0 Å². The highest BCUT2D eigenvalue weighted by atomic mass is 32.1. The highest BCUT2D eigenvalue weighted by Crippen LogP contribution is 2.13. The molecule has 0 N–H and O–H groups in total. The Kier molecular flexibility index (Phi) is 2.19. The number of methoxy groups -OCH3 is 1. The monoisotopic (exact) mass is 143 g/mol. The van der Waals surface area contributed by atoms with Crippen LogP contribution in [0.2, 0.25) is 0 Å². The number of hydrogen-bond donors (Lipinski definition) is 0. The molecular weight excluding hydrogens is 134 g/mol. The zero-order chi connectivity index (χ0) is 6.69. The lowest BCUT2D eigenvalue weighted by atomic mass is 10.3. The number of hydrogen-bond acceptors (Lipinski definition) is 3. The van der Waals surface area contributed by atoms with Crippen molar-refractivity contribution in [2.75, 3.05) is 7.11 Å². The van der Waals surface area contributed by atoms with Gasteiger partial charge >= 0.3 is 0 Å². The van der Waals surface area contributed by atoms with Crippen LogP contribution < -0.4 is 0 Å². The summed E-state index contributed by atoms with van der Waals surface area (Å²) in [6.45, 7) is 1.98. The van der Waals surface area contributed by atoms with Crippen molar-refractivity contribution in [1.82, 2.24) is 4.37 Å². The van der Waals surface area contributed by atoms with Crippen molar-refractivity contribution in [3.8, 4) is 0 Å². The zero-order valence-electron chi connectivity index (χ0n) is 5.50. The Hall–Kier alpha value is -0.410. The molecular formula is C6H9NOS. The van der Waals surface area contributed by atoms with Crippen LogP contribution in [0.4, 0.5) is 0 Å². The molecule has 0 amide bonds. The fraction of sp³-hybridized carbons (Fsp3) is 0.500. The molecule has 0 saturated heterocycles. The maximum atomic E-state index is 5.04. The average molecular weight is 143 g/mol. The minimum absolute atomic E-state index is 0.135. The third kappa shape index (κ3) is 1.50. The normalized spacial score (nSPS) is 13.6. The van der Waals surface area contributed by atoms with Gasteiger partial charge in [-0.3, -0.25) is 0 Å². The highest BCUT2D eigenvalue weighted by Gasteiger charge is 2.03. The summed E-state index contributed by atoms with van der Waals surface area (Å²) in [4.78, 5) is 0. The van der Waals surface area contributed by atoms with Gasteiger partial charge in [0.1, 0.15) is 0 Å². The van der Waals surface area contributed by atoms with E-state index in [2.05, 4.69) is 4.37 Å². The molecule has 0 aromatic carbocycles. The van der Waals surface area contributed by atoms with Gasteiger partial charge in [-0.1, -0.05) is 0 Å². The summed E-state index contributed by atoms with van der Waals surface area (Å²) in [5, 5.41) is 1.95. The Morgan fingerprint density at radius 2 is 2.56 bits per heavy atom. The molecule has 1 heterocycles. The van der Waals surface area contributed by atoms with Crippen LogP contribution in [-0.4, -0.2) is 11.5 Å². The third-order valence-corrected chi connectivity index (χ3v) is 1.80. The van der Waals surface area contributed by atoms with E-state index in [-0.39, 0.29) is 6.10 Å². The molecule has 1 atom stereocenters. The van der Waals surface area contributed by atoms with Gasteiger partial charge in [-0.25, -0.2) is 0 Å². The van der Waals surface area contributed by atoms with Crippen molar-refractivity contribution in [3.05, 3.63) is 17.1 Å². The fourth-order valence-corrected chi connectivity index (χ4v) is 1.14. The first-order valence-electron chi connectivity index (χ1n) is 2.77. The quantitative estimate of drug-likeness (QED) is 0.630. The highest BCUT2D eigenvalue weighted by molar-refractivity contribution is 7.03. The van der Waals surface area contributed by atoms with E-state index in [0.717, 1.165) is 5.69 Å². The van der Waals surface area contributed by atoms with Crippen LogP contribution in [0.1, 0.15) is 18.7 Å². The molecule has 1 aromatic rings. The van der Waals surface area contributed by atoms with Gasteiger partial charge in [0.2, 0.25) is 0 Å². The van der Waals surface area contributed by atoms with Gasteiger partial charge in [-0.05, 0) is 24.5 Å². The van der Waals surface area contributed by atoms with Crippen LogP contribution in [0.15, 0.2) is 11.4 Å². The molecule has 0 saturated carbocycles. The second-order valence-corrected chi connectivity index (χ2v) is 2.47. The molecule has 0 bridgehead atoms. The Morgan fingerprint density at radius 1 is 1.78 bits per heavy atom. The van der Waals surface area contributed by atoms with E-state index in [1.807, 2.05) is 18.4 Å². The van der Waals surface area contributed by atoms with Crippen LogP contribution in [0.3, 0.4) is 0 Å². The summed E-state index contributed by atoms with van der Waals surface area (Å²) in [6, 6.07) is 1.97. The molecule has 9 heavy (non-hydrogen) atoms. The van der Waals surface area contributed by atoms with E-state index in [0.29, 0.717) is 0 Å². The Bertz CT molecular complexity index is 162. The van der Waals surface area contributed by atoms with E-state index in [1.165, 1.54) is 11.5 Å². The van der Waals surface area contributed by atoms with Crippen molar-refractivity contribution in [3.63, 3.8) is 0 Å². The molecule has 50 valence electrons. The van der Waals surface area contributed by atoms with Crippen molar-refractivity contribution in [1.29, 1.82) is 0 Å². The Morgan fingerprint density at radius 3 is 3.00 bits per heavy atom. The van der Waals surface area contributed by atoms with E-state index in [1.54, 1.807) is 7.11 Å². The molecule has 0 aliphatic rings. The molecule has 0 aliphatic heterocycles. The van der Waals surface area contributed by atoms with Gasteiger partial charge in [-0.2, -0.15) is 4.37 Å². The molecule has 1 aromatic heterocycles. The zero-order valence-corrected chi connectivity index (χ0v) is 6.31. The number of aromatic nitrogens is 1. The van der Waals surface area contributed by atoms with E-state index in [9.17, 15) is 0 Å². The van der Waals surface area contributed by atoms with Crippen LogP contribution >= 0.6 is 11.5 Å². The van der Waals surface area contributed by atoms with Crippen LogP contribution in [0.5, 0.6) is 0 Å². The van der Waals surface area contributed by atoms with Crippen LogP contribution in [-0.2, 0) is 4.74 Å². The summed E-state index contributed by atoms with van der Waals surface area (Å²) in [7, 11) is 1.68. The lowest BCUT2D eigenvalue weighted by Gasteiger charge is -2.02. The van der Waals surface area contributed by atoms with E-state index >= 15 is 0 Å². The maximum absolute atomic E-state index is 5.04. The third-order valence-electron chi connectivity index (χ3n) is 1.23. The van der Waals surface area contributed by atoms with Gasteiger partial charge in [0.05, 0.1) is 11.8 Å². The van der Waals surface area contributed by atoms with E-state index < -0.39 is 0 Å². The van der Waals surface area contributed by atoms with Crippen molar-refractivity contribution in [2.45, 2.75) is 13.0 Å². The molecule has 0 aliphatic carbocycles. The SMILES string of the molecule is COC(C)c1ccsn1. The summed E-state index contributed by atoms with van der Waals surface area (Å²) in [5.41, 5.74) is 1.02. The molecule has 0 fully saturated rings. The average Bonchev–Trinajstić information content (AvgIpc) is 2.37. The molecule has 0 radical (unpaired) electrons. The first kappa shape index (κ1) is 6.71. The lowest BCUT2D eigenvalue weighted by molar-refractivity contribution is 0.117. The van der Waals surface area contributed by atoms with Crippen molar-refractivity contribution < 1.29 is 4.74 Å². The predicted molar refractivity (Wildman–Crippen MR) is 37.5 cm³/mol. The standard InChI is InChI=1S/C6H9NOS/c1-5(8-2)6-3-4-9-7-6/h3-5H,1-2H3.